The molecule has 0 aliphatic heterocycles. The zero-order chi connectivity index (χ0) is 10.0. The minimum Gasteiger partial charge on any atom is -0.204 e. The number of rotatable bonds is 2. The highest BCUT2D eigenvalue weighted by molar-refractivity contribution is 6.32. The van der Waals surface area contributed by atoms with E-state index in [4.69, 9.17) is 7.85 Å². The van der Waals surface area contributed by atoms with E-state index < -0.39 is 17.5 Å². The second-order valence-corrected chi connectivity index (χ2v) is 2.82. The maximum atomic E-state index is 13.0. The Balaban J connectivity index is 3.24. The Morgan fingerprint density at radius 3 is 2.31 bits per heavy atom. The molecule has 0 unspecified atom stereocenters. The van der Waals surface area contributed by atoms with Crippen molar-refractivity contribution in [3.8, 4) is 0 Å². The van der Waals surface area contributed by atoms with E-state index in [1.807, 2.05) is 6.92 Å². The van der Waals surface area contributed by atoms with Gasteiger partial charge in [0.05, 0.1) is 0 Å². The van der Waals surface area contributed by atoms with Crippen molar-refractivity contribution in [2.75, 3.05) is 0 Å². The molecule has 0 heterocycles. The van der Waals surface area contributed by atoms with E-state index in [2.05, 4.69) is 0 Å². The lowest BCUT2D eigenvalue weighted by Crippen LogP contribution is -2.15. The molecule has 1 aromatic rings. The van der Waals surface area contributed by atoms with Crippen LogP contribution in [0.4, 0.5) is 13.2 Å². The maximum absolute atomic E-state index is 13.0. The fourth-order valence-corrected chi connectivity index (χ4v) is 1.13. The summed E-state index contributed by atoms with van der Waals surface area (Å²) in [5.41, 5.74) is -0.221. The van der Waals surface area contributed by atoms with E-state index in [0.717, 1.165) is 6.07 Å². The zero-order valence-electron chi connectivity index (χ0n) is 7.20. The van der Waals surface area contributed by atoms with Crippen molar-refractivity contribution in [2.24, 2.45) is 0 Å². The van der Waals surface area contributed by atoms with Crippen LogP contribution < -0.4 is 5.46 Å². The predicted octanol–water partition coefficient (Wildman–Crippen LogP) is 1.85. The standard InChI is InChI=1S/C9H8BF3/c1-2-3-5-4-6(10)8(12)9(13)7(5)11/h4H,2-3H2,1H3. The summed E-state index contributed by atoms with van der Waals surface area (Å²) in [5.74, 6) is -3.92. The Kier molecular flexibility index (Phi) is 3.01. The molecule has 0 saturated carbocycles. The lowest BCUT2D eigenvalue weighted by atomic mass is 9.92. The average molecular weight is 184 g/mol. The van der Waals surface area contributed by atoms with Crippen LogP contribution in [0.25, 0.3) is 0 Å². The summed E-state index contributed by atoms with van der Waals surface area (Å²) in [7, 11) is 5.14. The van der Waals surface area contributed by atoms with Gasteiger partial charge in [0, 0.05) is 0 Å². The Morgan fingerprint density at radius 1 is 1.15 bits per heavy atom. The number of hydrogen-bond donors (Lipinski definition) is 0. The molecule has 4 heteroatoms. The highest BCUT2D eigenvalue weighted by Crippen LogP contribution is 2.14. The average Bonchev–Trinajstić information content (AvgIpc) is 2.11. The van der Waals surface area contributed by atoms with Gasteiger partial charge in [0.2, 0.25) is 0 Å². The number of benzene rings is 1. The van der Waals surface area contributed by atoms with Crippen molar-refractivity contribution < 1.29 is 13.2 Å². The van der Waals surface area contributed by atoms with E-state index in [1.165, 1.54) is 0 Å². The molecule has 0 fully saturated rings. The molecule has 0 nitrogen and oxygen atoms in total. The minimum absolute atomic E-state index is 0.124. The van der Waals surface area contributed by atoms with Gasteiger partial charge in [0.1, 0.15) is 7.85 Å². The first-order valence-electron chi connectivity index (χ1n) is 3.99. The first kappa shape index (κ1) is 10.2. The summed E-state index contributed by atoms with van der Waals surface area (Å²) in [6, 6.07) is 1.14. The molecule has 1 aromatic carbocycles. The topological polar surface area (TPSA) is 0 Å². The summed E-state index contributed by atoms with van der Waals surface area (Å²) in [6.45, 7) is 1.82. The Hall–Kier alpha value is -0.925. The van der Waals surface area contributed by atoms with Crippen molar-refractivity contribution in [2.45, 2.75) is 19.8 Å². The Bertz CT molecular complexity index is 323. The molecule has 0 bridgehead atoms. The van der Waals surface area contributed by atoms with Gasteiger partial charge in [-0.15, -0.1) is 0 Å². The quantitative estimate of drug-likeness (QED) is 0.486. The molecule has 1 rings (SSSR count). The van der Waals surface area contributed by atoms with Crippen LogP contribution in [0.1, 0.15) is 18.9 Å². The molecule has 68 valence electrons. The van der Waals surface area contributed by atoms with Gasteiger partial charge in [-0.25, -0.2) is 13.2 Å². The van der Waals surface area contributed by atoms with Gasteiger partial charge < -0.3 is 0 Å². The van der Waals surface area contributed by atoms with E-state index in [0.29, 0.717) is 12.8 Å². The predicted molar refractivity (Wildman–Crippen MR) is 45.7 cm³/mol. The van der Waals surface area contributed by atoms with Crippen molar-refractivity contribution in [1.82, 2.24) is 0 Å². The number of hydrogen-bond acceptors (Lipinski definition) is 0. The van der Waals surface area contributed by atoms with Gasteiger partial charge in [0.25, 0.3) is 0 Å². The van der Waals surface area contributed by atoms with E-state index in [9.17, 15) is 13.2 Å². The van der Waals surface area contributed by atoms with Crippen LogP contribution in [-0.2, 0) is 6.42 Å². The third-order valence-electron chi connectivity index (χ3n) is 1.77. The van der Waals surface area contributed by atoms with Gasteiger partial charge in [-0.1, -0.05) is 24.9 Å². The van der Waals surface area contributed by atoms with Crippen molar-refractivity contribution >= 4 is 13.3 Å². The van der Waals surface area contributed by atoms with Gasteiger partial charge in [0.15, 0.2) is 17.5 Å². The number of halogens is 3. The third-order valence-corrected chi connectivity index (χ3v) is 1.77. The molecule has 0 amide bonds. The highest BCUT2D eigenvalue weighted by Gasteiger charge is 2.14. The van der Waals surface area contributed by atoms with Gasteiger partial charge in [-0.2, -0.15) is 0 Å². The van der Waals surface area contributed by atoms with E-state index in [-0.39, 0.29) is 11.0 Å². The molecule has 2 radical (unpaired) electrons. The summed E-state index contributed by atoms with van der Waals surface area (Å²) < 4.78 is 38.4. The van der Waals surface area contributed by atoms with Gasteiger partial charge in [-0.05, 0) is 12.0 Å². The molecule has 0 atom stereocenters. The Morgan fingerprint density at radius 2 is 1.77 bits per heavy atom. The summed E-state index contributed by atoms with van der Waals surface area (Å²) in [6.07, 6.45) is 1.01. The minimum atomic E-state index is -1.48. The SMILES string of the molecule is [B]c1cc(CCC)c(F)c(F)c1F. The molecule has 13 heavy (non-hydrogen) atoms. The van der Waals surface area contributed by atoms with E-state index >= 15 is 0 Å². The van der Waals surface area contributed by atoms with E-state index in [1.54, 1.807) is 0 Å². The van der Waals surface area contributed by atoms with Crippen LogP contribution >= 0.6 is 0 Å². The lowest BCUT2D eigenvalue weighted by molar-refractivity contribution is 0.444. The van der Waals surface area contributed by atoms with Crippen LogP contribution in [0.5, 0.6) is 0 Å². The summed E-state index contributed by atoms with van der Waals surface area (Å²) >= 11 is 0. The van der Waals surface area contributed by atoms with Crippen LogP contribution in [0.15, 0.2) is 6.07 Å². The fraction of sp³-hybridized carbons (Fsp3) is 0.333. The van der Waals surface area contributed by atoms with Crippen molar-refractivity contribution in [3.05, 3.63) is 29.1 Å². The van der Waals surface area contributed by atoms with Crippen molar-refractivity contribution in [3.63, 3.8) is 0 Å². The second kappa shape index (κ2) is 3.86. The lowest BCUT2D eigenvalue weighted by Gasteiger charge is -2.05. The van der Waals surface area contributed by atoms with Gasteiger partial charge in [-0.3, -0.25) is 0 Å². The highest BCUT2D eigenvalue weighted by atomic mass is 19.2. The zero-order valence-corrected chi connectivity index (χ0v) is 7.20. The fourth-order valence-electron chi connectivity index (χ4n) is 1.13. The van der Waals surface area contributed by atoms with Crippen LogP contribution in [-0.4, -0.2) is 7.85 Å². The second-order valence-electron chi connectivity index (χ2n) is 2.82. The first-order valence-corrected chi connectivity index (χ1v) is 3.99. The van der Waals surface area contributed by atoms with Crippen LogP contribution in [0.2, 0.25) is 0 Å². The maximum Gasteiger partial charge on any atom is 0.194 e. The Labute approximate surface area is 76.2 Å². The molecular weight excluding hydrogens is 176 g/mol. The third kappa shape index (κ3) is 1.87. The largest absolute Gasteiger partial charge is 0.204 e. The molecule has 0 aromatic heterocycles. The first-order chi connectivity index (χ1) is 6.07. The van der Waals surface area contributed by atoms with Crippen LogP contribution in [0.3, 0.4) is 0 Å². The molecular formula is C9H8BF3. The summed E-state index contributed by atoms with van der Waals surface area (Å²) in [5, 5.41) is 0. The monoisotopic (exact) mass is 184 g/mol. The molecule has 0 aliphatic rings. The molecule has 0 saturated heterocycles. The summed E-state index contributed by atoms with van der Waals surface area (Å²) in [4.78, 5) is 0. The van der Waals surface area contributed by atoms with Crippen LogP contribution in [0, 0.1) is 17.5 Å². The van der Waals surface area contributed by atoms with Gasteiger partial charge >= 0.3 is 0 Å². The van der Waals surface area contributed by atoms with Crippen molar-refractivity contribution in [1.29, 1.82) is 0 Å². The molecule has 0 aliphatic carbocycles. The smallest absolute Gasteiger partial charge is 0.194 e. The molecule has 0 N–H and O–H groups in total. The molecule has 0 spiro atoms. The normalized spacial score (nSPS) is 10.5. The number of aryl methyl sites for hydroxylation is 1.